The van der Waals surface area contributed by atoms with Crippen LogP contribution in [0.25, 0.3) is 0 Å². The van der Waals surface area contributed by atoms with Crippen molar-refractivity contribution in [3.8, 4) is 5.75 Å². The predicted molar refractivity (Wildman–Crippen MR) is 78.3 cm³/mol. The van der Waals surface area contributed by atoms with Crippen molar-refractivity contribution < 1.29 is 14.2 Å². The lowest BCUT2D eigenvalue weighted by molar-refractivity contribution is 0.142. The lowest BCUT2D eigenvalue weighted by Crippen LogP contribution is -2.10. The van der Waals surface area contributed by atoms with E-state index in [4.69, 9.17) is 16.3 Å². The zero-order chi connectivity index (χ0) is 15.2. The molecule has 0 aliphatic rings. The van der Waals surface area contributed by atoms with E-state index in [9.17, 15) is 9.50 Å². The molecule has 0 fully saturated rings. The smallest absolute Gasteiger partial charge is 0.140 e. The third-order valence-corrected chi connectivity index (χ3v) is 3.23. The molecule has 21 heavy (non-hydrogen) atoms. The quantitative estimate of drug-likeness (QED) is 0.803. The van der Waals surface area contributed by atoms with Crippen LogP contribution in [-0.2, 0) is 6.54 Å². The van der Waals surface area contributed by atoms with Crippen LogP contribution in [0.4, 0.5) is 10.2 Å². The van der Waals surface area contributed by atoms with Crippen molar-refractivity contribution in [2.24, 2.45) is 0 Å². The number of alkyl halides is 1. The van der Waals surface area contributed by atoms with Gasteiger partial charge in [-0.05, 0) is 17.7 Å². The van der Waals surface area contributed by atoms with Gasteiger partial charge in [0.15, 0.2) is 0 Å². The van der Waals surface area contributed by atoms with E-state index in [1.54, 1.807) is 7.11 Å². The second-order valence-electron chi connectivity index (χ2n) is 4.30. The topological polar surface area (TPSA) is 67.3 Å². The SMILES string of the molecule is COc1ccc(CNc2ncnc(Cl)c2C(O)CF)cc1. The summed E-state index contributed by atoms with van der Waals surface area (Å²) in [6.07, 6.45) is -0.0929. The molecule has 1 aromatic heterocycles. The third-order valence-electron chi connectivity index (χ3n) is 2.93. The largest absolute Gasteiger partial charge is 0.497 e. The summed E-state index contributed by atoms with van der Waals surface area (Å²) < 4.78 is 17.8. The maximum absolute atomic E-state index is 12.7. The molecule has 1 atom stereocenters. The van der Waals surface area contributed by atoms with Gasteiger partial charge in [0.25, 0.3) is 0 Å². The van der Waals surface area contributed by atoms with Gasteiger partial charge in [0, 0.05) is 6.54 Å². The van der Waals surface area contributed by atoms with Gasteiger partial charge in [-0.2, -0.15) is 0 Å². The summed E-state index contributed by atoms with van der Waals surface area (Å²) in [4.78, 5) is 7.76. The Hall–Kier alpha value is -1.92. The molecule has 1 heterocycles. The number of ether oxygens (including phenoxy) is 1. The molecule has 0 radical (unpaired) electrons. The number of aliphatic hydroxyl groups excluding tert-OH is 1. The summed E-state index contributed by atoms with van der Waals surface area (Å²) in [5, 5.41) is 12.7. The summed E-state index contributed by atoms with van der Waals surface area (Å²) >= 11 is 5.89. The first-order valence-corrected chi connectivity index (χ1v) is 6.64. The molecule has 1 unspecified atom stereocenters. The van der Waals surface area contributed by atoms with Crippen molar-refractivity contribution in [3.63, 3.8) is 0 Å². The number of nitrogens with zero attached hydrogens (tertiary/aromatic N) is 2. The maximum atomic E-state index is 12.7. The fourth-order valence-corrected chi connectivity index (χ4v) is 2.08. The van der Waals surface area contributed by atoms with Gasteiger partial charge >= 0.3 is 0 Å². The number of methoxy groups -OCH3 is 1. The highest BCUT2D eigenvalue weighted by Crippen LogP contribution is 2.27. The Morgan fingerprint density at radius 3 is 2.67 bits per heavy atom. The van der Waals surface area contributed by atoms with E-state index in [-0.39, 0.29) is 10.7 Å². The Balaban J connectivity index is 2.13. The number of aliphatic hydroxyl groups is 1. The monoisotopic (exact) mass is 311 g/mol. The van der Waals surface area contributed by atoms with Crippen LogP contribution in [0.2, 0.25) is 5.15 Å². The molecular formula is C14H15ClFN3O2. The van der Waals surface area contributed by atoms with Gasteiger partial charge in [-0.15, -0.1) is 0 Å². The molecule has 2 N–H and O–H groups in total. The average molecular weight is 312 g/mol. The van der Waals surface area contributed by atoms with Crippen LogP contribution in [0, 0.1) is 0 Å². The summed E-state index contributed by atoms with van der Waals surface area (Å²) in [5.41, 5.74) is 1.14. The van der Waals surface area contributed by atoms with E-state index in [1.165, 1.54) is 6.33 Å². The molecule has 0 aliphatic heterocycles. The number of hydrogen-bond donors (Lipinski definition) is 2. The van der Waals surface area contributed by atoms with Gasteiger partial charge < -0.3 is 15.2 Å². The third kappa shape index (κ3) is 3.80. The number of aromatic nitrogens is 2. The Morgan fingerprint density at radius 1 is 1.33 bits per heavy atom. The molecule has 1 aromatic carbocycles. The number of benzene rings is 1. The van der Waals surface area contributed by atoms with E-state index >= 15 is 0 Å². The van der Waals surface area contributed by atoms with Gasteiger partial charge in [0.1, 0.15) is 35.8 Å². The van der Waals surface area contributed by atoms with Crippen molar-refractivity contribution in [2.75, 3.05) is 19.1 Å². The minimum atomic E-state index is -1.35. The standard InChI is InChI=1S/C14H15ClFN3O2/c1-21-10-4-2-9(3-5-10)7-17-14-12(11(20)6-16)13(15)18-8-19-14/h2-5,8,11,20H,6-7H2,1H3,(H,17,18,19). The van der Waals surface area contributed by atoms with Gasteiger partial charge in [0.2, 0.25) is 0 Å². The molecular weight excluding hydrogens is 297 g/mol. The molecule has 7 heteroatoms. The fraction of sp³-hybridized carbons (Fsp3) is 0.286. The molecule has 0 amide bonds. The Kier molecular flexibility index (Phi) is 5.30. The summed E-state index contributed by atoms with van der Waals surface area (Å²) in [5.74, 6) is 1.08. The highest BCUT2D eigenvalue weighted by atomic mass is 35.5. The van der Waals surface area contributed by atoms with Crippen LogP contribution in [0.3, 0.4) is 0 Å². The lowest BCUT2D eigenvalue weighted by atomic mass is 10.1. The van der Waals surface area contributed by atoms with E-state index in [0.717, 1.165) is 11.3 Å². The Labute approximate surface area is 126 Å². The molecule has 0 bridgehead atoms. The predicted octanol–water partition coefficient (Wildman–Crippen LogP) is 2.75. The van der Waals surface area contributed by atoms with Crippen molar-refractivity contribution in [1.82, 2.24) is 9.97 Å². The van der Waals surface area contributed by atoms with Crippen LogP contribution in [-0.4, -0.2) is 28.9 Å². The van der Waals surface area contributed by atoms with Crippen LogP contribution in [0.15, 0.2) is 30.6 Å². The second-order valence-corrected chi connectivity index (χ2v) is 4.66. The summed E-state index contributed by atoms with van der Waals surface area (Å²) in [6, 6.07) is 7.45. The lowest BCUT2D eigenvalue weighted by Gasteiger charge is -2.14. The van der Waals surface area contributed by atoms with E-state index < -0.39 is 12.8 Å². The highest BCUT2D eigenvalue weighted by molar-refractivity contribution is 6.30. The Morgan fingerprint density at radius 2 is 2.05 bits per heavy atom. The molecule has 0 saturated heterocycles. The molecule has 2 aromatic rings. The fourth-order valence-electron chi connectivity index (χ4n) is 1.82. The van der Waals surface area contributed by atoms with Gasteiger partial charge in [-0.25, -0.2) is 14.4 Å². The molecule has 0 aliphatic carbocycles. The summed E-state index contributed by atoms with van der Waals surface area (Å²) in [7, 11) is 1.60. The van der Waals surface area contributed by atoms with Gasteiger partial charge in [0.05, 0.1) is 12.7 Å². The highest BCUT2D eigenvalue weighted by Gasteiger charge is 2.18. The zero-order valence-corrected chi connectivity index (χ0v) is 12.1. The summed E-state index contributed by atoms with van der Waals surface area (Å²) in [6.45, 7) is -0.506. The first-order valence-electron chi connectivity index (χ1n) is 6.27. The number of rotatable bonds is 6. The number of anilines is 1. The second kappa shape index (κ2) is 7.19. The van der Waals surface area contributed by atoms with Crippen LogP contribution in [0.5, 0.6) is 5.75 Å². The van der Waals surface area contributed by atoms with Crippen LogP contribution in [0.1, 0.15) is 17.2 Å². The van der Waals surface area contributed by atoms with Crippen molar-refractivity contribution >= 4 is 17.4 Å². The maximum Gasteiger partial charge on any atom is 0.140 e. The van der Waals surface area contributed by atoms with E-state index in [0.29, 0.717) is 12.4 Å². The first kappa shape index (κ1) is 15.5. The van der Waals surface area contributed by atoms with E-state index in [1.807, 2.05) is 24.3 Å². The zero-order valence-electron chi connectivity index (χ0n) is 11.4. The minimum Gasteiger partial charge on any atom is -0.497 e. The molecule has 5 nitrogen and oxygen atoms in total. The first-order chi connectivity index (χ1) is 10.2. The number of hydrogen-bond acceptors (Lipinski definition) is 5. The number of nitrogens with one attached hydrogen (secondary N) is 1. The Bertz CT molecular complexity index is 595. The average Bonchev–Trinajstić information content (AvgIpc) is 2.52. The van der Waals surface area contributed by atoms with Crippen LogP contribution >= 0.6 is 11.6 Å². The molecule has 112 valence electrons. The van der Waals surface area contributed by atoms with Gasteiger partial charge in [-0.1, -0.05) is 23.7 Å². The van der Waals surface area contributed by atoms with Crippen LogP contribution < -0.4 is 10.1 Å². The van der Waals surface area contributed by atoms with E-state index in [2.05, 4.69) is 15.3 Å². The van der Waals surface area contributed by atoms with Crippen molar-refractivity contribution in [3.05, 3.63) is 46.9 Å². The van der Waals surface area contributed by atoms with Gasteiger partial charge in [-0.3, -0.25) is 0 Å². The molecule has 2 rings (SSSR count). The number of halogens is 2. The normalized spacial score (nSPS) is 12.0. The molecule has 0 saturated carbocycles. The minimum absolute atomic E-state index is 0.0346. The van der Waals surface area contributed by atoms with Crippen molar-refractivity contribution in [2.45, 2.75) is 12.6 Å². The van der Waals surface area contributed by atoms with Crippen molar-refractivity contribution in [1.29, 1.82) is 0 Å². The molecule has 0 spiro atoms.